The van der Waals surface area contributed by atoms with Gasteiger partial charge in [0.05, 0.1) is 0 Å². The van der Waals surface area contributed by atoms with E-state index in [1.807, 2.05) is 34.8 Å². The number of anilines is 2. The van der Waals surface area contributed by atoms with Gasteiger partial charge in [0.1, 0.15) is 5.82 Å². The second-order valence-electron chi connectivity index (χ2n) is 8.63. The fourth-order valence-corrected chi connectivity index (χ4v) is 4.69. The molecule has 2 aromatic heterocycles. The maximum absolute atomic E-state index is 4.90. The Kier molecular flexibility index (Phi) is 5.29. The summed E-state index contributed by atoms with van der Waals surface area (Å²) in [4.78, 5) is 14.5. The van der Waals surface area contributed by atoms with Crippen molar-refractivity contribution >= 4 is 17.3 Å². The van der Waals surface area contributed by atoms with E-state index >= 15 is 0 Å². The van der Waals surface area contributed by atoms with Gasteiger partial charge in [-0.05, 0) is 44.4 Å². The van der Waals surface area contributed by atoms with Gasteiger partial charge in [0.25, 0.3) is 5.78 Å². The zero-order valence-electron chi connectivity index (χ0n) is 19.3. The molecule has 0 aliphatic carbocycles. The van der Waals surface area contributed by atoms with Gasteiger partial charge in [-0.2, -0.15) is 9.50 Å². The van der Waals surface area contributed by atoms with E-state index in [1.54, 1.807) is 0 Å². The highest BCUT2D eigenvalue weighted by Gasteiger charge is 2.25. The van der Waals surface area contributed by atoms with Gasteiger partial charge in [-0.1, -0.05) is 49.4 Å². The van der Waals surface area contributed by atoms with Crippen LogP contribution in [0.5, 0.6) is 0 Å². The Labute approximate surface area is 189 Å². The number of rotatable bonds is 4. The fourth-order valence-electron chi connectivity index (χ4n) is 4.69. The molecule has 1 saturated heterocycles. The predicted molar refractivity (Wildman–Crippen MR) is 131 cm³/mol. The van der Waals surface area contributed by atoms with Gasteiger partial charge >= 0.3 is 0 Å². The second kappa shape index (κ2) is 8.26. The number of hydrogen-bond donors (Lipinski definition) is 0. The first-order chi connectivity index (χ1) is 15.5. The number of hydrogen-bond acceptors (Lipinski definition) is 5. The predicted octanol–water partition coefficient (Wildman–Crippen LogP) is 4.61. The molecule has 2 aromatic carbocycles. The first-order valence-electron chi connectivity index (χ1n) is 11.4. The van der Waals surface area contributed by atoms with Crippen LogP contribution >= 0.6 is 0 Å². The Balaban J connectivity index is 1.51. The van der Waals surface area contributed by atoms with E-state index < -0.39 is 0 Å². The number of fused-ring (bicyclic) bond motifs is 1. The van der Waals surface area contributed by atoms with Crippen molar-refractivity contribution in [2.24, 2.45) is 0 Å². The SMILES string of the molecule is CCc1c(C)nc2nc(-c3ccccc3)nn2c1N1CCN(c2cc(C)ccc2C)CC1. The number of nitrogens with zero attached hydrogens (tertiary/aromatic N) is 6. The van der Waals surface area contributed by atoms with E-state index in [-0.39, 0.29) is 0 Å². The van der Waals surface area contributed by atoms with Crippen LogP contribution in [0, 0.1) is 20.8 Å². The van der Waals surface area contributed by atoms with Crippen LogP contribution in [0.4, 0.5) is 11.5 Å². The molecule has 3 heterocycles. The van der Waals surface area contributed by atoms with Gasteiger partial charge in [0.15, 0.2) is 5.82 Å². The number of aromatic nitrogens is 4. The lowest BCUT2D eigenvalue weighted by Gasteiger charge is -2.38. The average Bonchev–Trinajstić information content (AvgIpc) is 3.24. The van der Waals surface area contributed by atoms with E-state index in [2.05, 4.69) is 55.7 Å². The number of benzene rings is 2. The van der Waals surface area contributed by atoms with Gasteiger partial charge < -0.3 is 9.80 Å². The van der Waals surface area contributed by atoms with Gasteiger partial charge in [-0.25, -0.2) is 4.98 Å². The summed E-state index contributed by atoms with van der Waals surface area (Å²) in [5.41, 5.74) is 7.30. The molecular formula is C26H30N6. The third-order valence-corrected chi connectivity index (χ3v) is 6.44. The third-order valence-electron chi connectivity index (χ3n) is 6.44. The second-order valence-corrected chi connectivity index (χ2v) is 8.63. The Morgan fingerprint density at radius 3 is 2.28 bits per heavy atom. The first kappa shape index (κ1) is 20.5. The molecule has 164 valence electrons. The monoisotopic (exact) mass is 426 g/mol. The molecule has 1 aliphatic heterocycles. The maximum atomic E-state index is 4.90. The van der Waals surface area contributed by atoms with E-state index in [4.69, 9.17) is 15.1 Å². The molecule has 1 aliphatic rings. The van der Waals surface area contributed by atoms with Crippen LogP contribution < -0.4 is 9.80 Å². The molecule has 1 fully saturated rings. The van der Waals surface area contributed by atoms with Gasteiger partial charge in [-0.3, -0.25) is 0 Å². The highest BCUT2D eigenvalue weighted by Crippen LogP contribution is 2.29. The molecule has 0 unspecified atom stereocenters. The van der Waals surface area contributed by atoms with E-state index in [1.165, 1.54) is 22.4 Å². The van der Waals surface area contributed by atoms with Gasteiger partial charge in [0.2, 0.25) is 0 Å². The molecule has 4 aromatic rings. The Morgan fingerprint density at radius 2 is 1.56 bits per heavy atom. The molecule has 0 N–H and O–H groups in total. The summed E-state index contributed by atoms with van der Waals surface area (Å²) in [5, 5.41) is 4.90. The summed E-state index contributed by atoms with van der Waals surface area (Å²) >= 11 is 0. The average molecular weight is 427 g/mol. The topological polar surface area (TPSA) is 49.6 Å². The minimum Gasteiger partial charge on any atom is -0.368 e. The summed E-state index contributed by atoms with van der Waals surface area (Å²) in [6.07, 6.45) is 0.918. The normalized spacial score (nSPS) is 14.4. The summed E-state index contributed by atoms with van der Waals surface area (Å²) in [6.45, 7) is 12.5. The molecule has 0 bridgehead atoms. The van der Waals surface area contributed by atoms with E-state index in [0.717, 1.165) is 55.5 Å². The molecule has 0 amide bonds. The van der Waals surface area contributed by atoms with Crippen LogP contribution in [0.25, 0.3) is 17.2 Å². The Bertz CT molecular complexity index is 1250. The molecular weight excluding hydrogens is 396 g/mol. The Hall–Kier alpha value is -3.41. The zero-order valence-corrected chi connectivity index (χ0v) is 19.3. The van der Waals surface area contributed by atoms with Crippen molar-refractivity contribution in [3.63, 3.8) is 0 Å². The highest BCUT2D eigenvalue weighted by molar-refractivity contribution is 5.62. The minimum atomic E-state index is 0.672. The van der Waals surface area contributed by atoms with Crippen molar-refractivity contribution in [1.82, 2.24) is 19.6 Å². The van der Waals surface area contributed by atoms with Crippen LogP contribution in [-0.2, 0) is 6.42 Å². The van der Waals surface area contributed by atoms with Crippen molar-refractivity contribution in [2.75, 3.05) is 36.0 Å². The largest absolute Gasteiger partial charge is 0.368 e. The van der Waals surface area contributed by atoms with E-state index in [9.17, 15) is 0 Å². The van der Waals surface area contributed by atoms with Crippen LogP contribution in [0.1, 0.15) is 29.3 Å². The molecule has 0 saturated carbocycles. The quantitative estimate of drug-likeness (QED) is 0.477. The minimum absolute atomic E-state index is 0.672. The number of aryl methyl sites for hydroxylation is 3. The Morgan fingerprint density at radius 1 is 0.844 bits per heavy atom. The fraction of sp³-hybridized carbons (Fsp3) is 0.346. The molecule has 6 heteroatoms. The van der Waals surface area contributed by atoms with Crippen LogP contribution in [0.3, 0.4) is 0 Å². The summed E-state index contributed by atoms with van der Waals surface area (Å²) in [7, 11) is 0. The standard InChI is InChI=1S/C26H30N6/c1-5-22-20(4)27-26-28-24(21-9-7-6-8-10-21)29-32(26)25(22)31-15-13-30(14-16-31)23-17-18(2)11-12-19(23)3/h6-12,17H,5,13-16H2,1-4H3. The molecule has 0 atom stereocenters. The van der Waals surface area contributed by atoms with Gasteiger partial charge in [0, 0.05) is 48.7 Å². The van der Waals surface area contributed by atoms with Crippen LogP contribution in [0.15, 0.2) is 48.5 Å². The van der Waals surface area contributed by atoms with Crippen molar-refractivity contribution in [3.05, 3.63) is 70.9 Å². The van der Waals surface area contributed by atoms with E-state index in [0.29, 0.717) is 5.78 Å². The first-order valence-corrected chi connectivity index (χ1v) is 11.4. The lowest BCUT2D eigenvalue weighted by molar-refractivity contribution is 0.633. The zero-order chi connectivity index (χ0) is 22.2. The maximum Gasteiger partial charge on any atom is 0.254 e. The van der Waals surface area contributed by atoms with Crippen molar-refractivity contribution in [3.8, 4) is 11.4 Å². The summed E-state index contributed by atoms with van der Waals surface area (Å²) in [6, 6.07) is 16.9. The van der Waals surface area contributed by atoms with Gasteiger partial charge in [-0.15, -0.1) is 5.10 Å². The third kappa shape index (κ3) is 3.60. The molecule has 5 rings (SSSR count). The lowest BCUT2D eigenvalue weighted by atomic mass is 10.1. The molecule has 6 nitrogen and oxygen atoms in total. The summed E-state index contributed by atoms with van der Waals surface area (Å²) in [5.74, 6) is 2.54. The van der Waals surface area contributed by atoms with Crippen molar-refractivity contribution < 1.29 is 0 Å². The summed E-state index contributed by atoms with van der Waals surface area (Å²) < 4.78 is 1.96. The molecule has 32 heavy (non-hydrogen) atoms. The number of piperazine rings is 1. The molecule has 0 spiro atoms. The molecule has 0 radical (unpaired) electrons. The smallest absolute Gasteiger partial charge is 0.254 e. The van der Waals surface area contributed by atoms with Crippen LogP contribution in [-0.4, -0.2) is 45.8 Å². The van der Waals surface area contributed by atoms with Crippen molar-refractivity contribution in [2.45, 2.75) is 34.1 Å². The lowest BCUT2D eigenvalue weighted by Crippen LogP contribution is -2.47. The highest BCUT2D eigenvalue weighted by atomic mass is 15.4. The van der Waals surface area contributed by atoms with Crippen molar-refractivity contribution in [1.29, 1.82) is 0 Å². The van der Waals surface area contributed by atoms with Crippen LogP contribution in [0.2, 0.25) is 0 Å².